The largest absolute Gasteiger partial charge is 0.459 e. The molecular weight excluding hydrogens is 244 g/mol. The first-order valence-corrected chi connectivity index (χ1v) is 5.98. The third-order valence-electron chi connectivity index (χ3n) is 2.55. The Morgan fingerprint density at radius 2 is 2.11 bits per heavy atom. The summed E-state index contributed by atoms with van der Waals surface area (Å²) < 4.78 is 10.2. The van der Waals surface area contributed by atoms with E-state index in [1.54, 1.807) is 0 Å². The Morgan fingerprint density at radius 3 is 2.79 bits per heavy atom. The Kier molecular flexibility index (Phi) is 4.18. The second-order valence-corrected chi connectivity index (χ2v) is 4.24. The zero-order valence-corrected chi connectivity index (χ0v) is 11.0. The van der Waals surface area contributed by atoms with Crippen LogP contribution in [0.25, 0.3) is 0 Å². The average Bonchev–Trinajstić information content (AvgIpc) is 2.86. The van der Waals surface area contributed by atoms with Crippen molar-refractivity contribution < 1.29 is 13.9 Å². The van der Waals surface area contributed by atoms with Gasteiger partial charge < -0.3 is 14.1 Å². The Labute approximate surface area is 111 Å². The maximum atomic E-state index is 10.7. The van der Waals surface area contributed by atoms with Crippen molar-refractivity contribution in [2.45, 2.75) is 20.1 Å². The quantitative estimate of drug-likeness (QED) is 0.772. The molecule has 0 atom stereocenters. The van der Waals surface area contributed by atoms with Crippen LogP contribution in [0.15, 0.2) is 41.0 Å². The van der Waals surface area contributed by atoms with E-state index >= 15 is 0 Å². The summed E-state index contributed by atoms with van der Waals surface area (Å²) in [5, 5.41) is 0. The molecule has 0 amide bonds. The lowest BCUT2D eigenvalue weighted by Crippen LogP contribution is -2.16. The Bertz CT molecular complexity index is 537. The predicted octanol–water partition coefficient (Wildman–Crippen LogP) is 2.37. The van der Waals surface area contributed by atoms with E-state index in [1.165, 1.54) is 18.8 Å². The molecule has 1 aromatic carbocycles. The van der Waals surface area contributed by atoms with E-state index in [9.17, 15) is 4.79 Å². The van der Waals surface area contributed by atoms with Crippen LogP contribution in [0, 0.1) is 0 Å². The topological polar surface area (TPSA) is 55.6 Å². The van der Waals surface area contributed by atoms with Gasteiger partial charge in [0.2, 0.25) is 0 Å². The summed E-state index contributed by atoms with van der Waals surface area (Å²) >= 11 is 0. The maximum Gasteiger partial charge on any atom is 0.303 e. The van der Waals surface area contributed by atoms with Crippen LogP contribution in [0.4, 0.5) is 6.01 Å². The first-order chi connectivity index (χ1) is 9.15. The van der Waals surface area contributed by atoms with Crippen molar-refractivity contribution in [2.24, 2.45) is 0 Å². The summed E-state index contributed by atoms with van der Waals surface area (Å²) in [5.74, 6) is -0.331. The number of carbonyl (C=O) groups excluding carboxylic acids is 1. The van der Waals surface area contributed by atoms with Crippen LogP contribution in [0.1, 0.15) is 18.2 Å². The van der Waals surface area contributed by atoms with Crippen LogP contribution >= 0.6 is 0 Å². The summed E-state index contributed by atoms with van der Waals surface area (Å²) in [6, 6.07) is 10.5. The number of hydrogen-bond acceptors (Lipinski definition) is 5. The standard InChI is InChI=1S/C14H16N2O3/c1-11(17)18-9-13-10-19-14(15-13)16(2)8-12-6-4-3-5-7-12/h3-7,10H,8-9H2,1-2H3. The highest BCUT2D eigenvalue weighted by Crippen LogP contribution is 2.15. The van der Waals surface area contributed by atoms with E-state index < -0.39 is 0 Å². The Balaban J connectivity index is 1.96. The number of rotatable bonds is 5. The molecule has 100 valence electrons. The first-order valence-electron chi connectivity index (χ1n) is 5.98. The number of benzene rings is 1. The van der Waals surface area contributed by atoms with Crippen LogP contribution in [-0.2, 0) is 22.7 Å². The number of carbonyl (C=O) groups is 1. The van der Waals surface area contributed by atoms with E-state index in [0.717, 1.165) is 0 Å². The third kappa shape index (κ3) is 3.84. The molecule has 0 aliphatic rings. The van der Waals surface area contributed by atoms with Gasteiger partial charge in [-0.25, -0.2) is 0 Å². The Hall–Kier alpha value is -2.30. The van der Waals surface area contributed by atoms with Gasteiger partial charge in [0.1, 0.15) is 18.6 Å². The average molecular weight is 260 g/mol. The lowest BCUT2D eigenvalue weighted by Gasteiger charge is -2.14. The minimum atomic E-state index is -0.331. The van der Waals surface area contributed by atoms with Crippen molar-refractivity contribution in [3.63, 3.8) is 0 Å². The highest BCUT2D eigenvalue weighted by Gasteiger charge is 2.10. The van der Waals surface area contributed by atoms with Gasteiger partial charge in [0.15, 0.2) is 0 Å². The molecule has 0 radical (unpaired) electrons. The molecule has 0 fully saturated rings. The van der Waals surface area contributed by atoms with Crippen molar-refractivity contribution in [3.8, 4) is 0 Å². The molecule has 0 unspecified atom stereocenters. The van der Waals surface area contributed by atoms with Crippen molar-refractivity contribution in [1.82, 2.24) is 4.98 Å². The Morgan fingerprint density at radius 1 is 1.37 bits per heavy atom. The molecule has 0 N–H and O–H groups in total. The van der Waals surface area contributed by atoms with E-state index in [1.807, 2.05) is 42.3 Å². The smallest absolute Gasteiger partial charge is 0.303 e. The maximum absolute atomic E-state index is 10.7. The zero-order valence-electron chi connectivity index (χ0n) is 11.0. The second kappa shape index (κ2) is 6.04. The highest BCUT2D eigenvalue weighted by atomic mass is 16.5. The number of oxazole rings is 1. The number of nitrogens with zero attached hydrogens (tertiary/aromatic N) is 2. The molecule has 1 aromatic heterocycles. The molecule has 1 heterocycles. The second-order valence-electron chi connectivity index (χ2n) is 4.24. The highest BCUT2D eigenvalue weighted by molar-refractivity contribution is 5.65. The van der Waals surface area contributed by atoms with Gasteiger partial charge in [-0.05, 0) is 5.56 Å². The molecule has 0 aliphatic carbocycles. The number of anilines is 1. The molecule has 0 aliphatic heterocycles. The summed E-state index contributed by atoms with van der Waals surface area (Å²) in [7, 11) is 1.90. The lowest BCUT2D eigenvalue weighted by atomic mass is 10.2. The first kappa shape index (κ1) is 13.1. The lowest BCUT2D eigenvalue weighted by molar-refractivity contribution is -0.142. The molecule has 0 saturated heterocycles. The number of esters is 1. The van der Waals surface area contributed by atoms with E-state index in [0.29, 0.717) is 18.3 Å². The summed E-state index contributed by atoms with van der Waals surface area (Å²) in [6.45, 7) is 2.20. The molecule has 0 bridgehead atoms. The number of ether oxygens (including phenoxy) is 1. The molecule has 2 rings (SSSR count). The van der Waals surface area contributed by atoms with Gasteiger partial charge in [0.25, 0.3) is 6.01 Å². The molecule has 5 heteroatoms. The fourth-order valence-corrected chi connectivity index (χ4v) is 1.64. The van der Waals surface area contributed by atoms with Crippen molar-refractivity contribution >= 4 is 12.0 Å². The fourth-order valence-electron chi connectivity index (χ4n) is 1.64. The molecule has 0 saturated carbocycles. The van der Waals surface area contributed by atoms with Gasteiger partial charge in [-0.1, -0.05) is 30.3 Å². The summed E-state index contributed by atoms with van der Waals surface area (Å²) in [4.78, 5) is 16.9. The predicted molar refractivity (Wildman–Crippen MR) is 70.5 cm³/mol. The monoisotopic (exact) mass is 260 g/mol. The third-order valence-corrected chi connectivity index (χ3v) is 2.55. The minimum absolute atomic E-state index is 0.137. The fraction of sp³-hybridized carbons (Fsp3) is 0.286. The van der Waals surface area contributed by atoms with E-state index in [-0.39, 0.29) is 12.6 Å². The SMILES string of the molecule is CC(=O)OCc1coc(N(C)Cc2ccccc2)n1. The minimum Gasteiger partial charge on any atom is -0.459 e. The van der Waals surface area contributed by atoms with E-state index in [2.05, 4.69) is 4.98 Å². The molecule has 5 nitrogen and oxygen atoms in total. The molecule has 19 heavy (non-hydrogen) atoms. The van der Waals surface area contributed by atoms with Gasteiger partial charge in [-0.2, -0.15) is 4.98 Å². The molecular formula is C14H16N2O3. The van der Waals surface area contributed by atoms with Crippen LogP contribution in [0.3, 0.4) is 0 Å². The van der Waals surface area contributed by atoms with Gasteiger partial charge in [-0.15, -0.1) is 0 Å². The van der Waals surface area contributed by atoms with Gasteiger partial charge >= 0.3 is 5.97 Å². The van der Waals surface area contributed by atoms with Crippen LogP contribution in [0.2, 0.25) is 0 Å². The van der Waals surface area contributed by atoms with Crippen molar-refractivity contribution in [1.29, 1.82) is 0 Å². The summed E-state index contributed by atoms with van der Waals surface area (Å²) in [6.07, 6.45) is 1.50. The summed E-state index contributed by atoms with van der Waals surface area (Å²) in [5.41, 5.74) is 1.77. The van der Waals surface area contributed by atoms with Gasteiger partial charge in [0, 0.05) is 20.5 Å². The zero-order chi connectivity index (χ0) is 13.7. The van der Waals surface area contributed by atoms with Gasteiger partial charge in [0.05, 0.1) is 0 Å². The van der Waals surface area contributed by atoms with Crippen molar-refractivity contribution in [3.05, 3.63) is 47.9 Å². The van der Waals surface area contributed by atoms with Crippen molar-refractivity contribution in [2.75, 3.05) is 11.9 Å². The van der Waals surface area contributed by atoms with Crippen LogP contribution in [0.5, 0.6) is 0 Å². The van der Waals surface area contributed by atoms with Gasteiger partial charge in [-0.3, -0.25) is 4.79 Å². The number of hydrogen-bond donors (Lipinski definition) is 0. The number of aromatic nitrogens is 1. The van der Waals surface area contributed by atoms with Crippen LogP contribution < -0.4 is 4.90 Å². The van der Waals surface area contributed by atoms with E-state index in [4.69, 9.17) is 9.15 Å². The molecule has 0 spiro atoms. The normalized spacial score (nSPS) is 10.2. The van der Waals surface area contributed by atoms with Crippen LogP contribution in [-0.4, -0.2) is 18.0 Å². The molecule has 2 aromatic rings.